The second kappa shape index (κ2) is 7.46. The third-order valence-corrected chi connectivity index (χ3v) is 3.90. The molecule has 2 unspecified atom stereocenters. The van der Waals surface area contributed by atoms with Gasteiger partial charge in [0.1, 0.15) is 0 Å². The van der Waals surface area contributed by atoms with Crippen LogP contribution < -0.4 is 0 Å². The zero-order valence-electron chi connectivity index (χ0n) is 13.1. The van der Waals surface area contributed by atoms with Crippen LogP contribution in [-0.2, 0) is 4.74 Å². The Hall–Kier alpha value is -0.120. The summed E-state index contributed by atoms with van der Waals surface area (Å²) in [5.41, 5.74) is 0. The first-order chi connectivity index (χ1) is 8.75. The van der Waals surface area contributed by atoms with Gasteiger partial charge in [0.2, 0.25) is 0 Å². The summed E-state index contributed by atoms with van der Waals surface area (Å²) in [5, 5.41) is 0. The van der Waals surface area contributed by atoms with E-state index in [1.807, 2.05) is 27.7 Å². The largest absolute Gasteiger partial charge is 0.375 e. The fourth-order valence-electron chi connectivity index (χ4n) is 2.74. The molecule has 3 heteroatoms. The van der Waals surface area contributed by atoms with Crippen molar-refractivity contribution in [2.45, 2.75) is 72.2 Å². The van der Waals surface area contributed by atoms with Crippen molar-refractivity contribution in [2.24, 2.45) is 0 Å². The molecule has 0 N–H and O–H groups in total. The van der Waals surface area contributed by atoms with Gasteiger partial charge in [0.15, 0.2) is 0 Å². The first-order valence-corrected chi connectivity index (χ1v) is 7.87. The number of fused-ring (bicyclic) bond motifs is 1. The lowest BCUT2D eigenvalue weighted by Crippen LogP contribution is -2.63. The molecule has 3 nitrogen and oxygen atoms in total. The van der Waals surface area contributed by atoms with E-state index in [1.165, 1.54) is 19.5 Å². The van der Waals surface area contributed by atoms with Gasteiger partial charge in [0, 0.05) is 37.8 Å². The normalized spacial score (nSPS) is 31.5. The highest BCUT2D eigenvalue weighted by Gasteiger charge is 2.50. The number of nitrogens with zero attached hydrogens (tertiary/aromatic N) is 2. The Balaban J connectivity index is 0.000000371. The van der Waals surface area contributed by atoms with Gasteiger partial charge in [0.25, 0.3) is 0 Å². The molecule has 2 aliphatic heterocycles. The number of hydrogen-bond donors (Lipinski definition) is 0. The Morgan fingerprint density at radius 1 is 1.06 bits per heavy atom. The van der Waals surface area contributed by atoms with Crippen molar-refractivity contribution in [3.63, 3.8) is 0 Å². The summed E-state index contributed by atoms with van der Waals surface area (Å²) in [7, 11) is 0. The number of likely N-dealkylation sites (tertiary alicyclic amines) is 1. The van der Waals surface area contributed by atoms with Gasteiger partial charge >= 0.3 is 0 Å². The van der Waals surface area contributed by atoms with Gasteiger partial charge < -0.3 is 4.74 Å². The molecular weight excluding hydrogens is 224 g/mol. The monoisotopic (exact) mass is 256 g/mol. The van der Waals surface area contributed by atoms with Crippen LogP contribution in [0, 0.1) is 0 Å². The molecule has 0 bridgehead atoms. The van der Waals surface area contributed by atoms with Crippen molar-refractivity contribution >= 4 is 0 Å². The van der Waals surface area contributed by atoms with Gasteiger partial charge in [-0.1, -0.05) is 27.7 Å². The van der Waals surface area contributed by atoms with Crippen molar-refractivity contribution in [2.75, 3.05) is 26.2 Å². The molecule has 0 radical (unpaired) electrons. The van der Waals surface area contributed by atoms with Crippen LogP contribution in [0.3, 0.4) is 0 Å². The second-order valence-corrected chi connectivity index (χ2v) is 5.15. The van der Waals surface area contributed by atoms with E-state index in [4.69, 9.17) is 4.74 Å². The van der Waals surface area contributed by atoms with Crippen LogP contribution in [0.4, 0.5) is 0 Å². The average Bonchev–Trinajstić information content (AvgIpc) is 3.12. The molecule has 108 valence electrons. The molecule has 3 fully saturated rings. The summed E-state index contributed by atoms with van der Waals surface area (Å²) in [6.07, 6.45) is 1.88. The number of hydrogen-bond acceptors (Lipinski definition) is 3. The zero-order chi connectivity index (χ0) is 13.7. The lowest BCUT2D eigenvalue weighted by atomic mass is 10.0. The summed E-state index contributed by atoms with van der Waals surface area (Å²) in [6, 6.07) is 2.33. The van der Waals surface area contributed by atoms with Crippen LogP contribution in [0.2, 0.25) is 0 Å². The quantitative estimate of drug-likeness (QED) is 0.755. The van der Waals surface area contributed by atoms with Gasteiger partial charge in [-0.2, -0.15) is 0 Å². The van der Waals surface area contributed by atoms with Crippen molar-refractivity contribution in [1.29, 1.82) is 0 Å². The smallest absolute Gasteiger partial charge is 0.0747 e. The van der Waals surface area contributed by atoms with Crippen LogP contribution in [0.5, 0.6) is 0 Å². The fraction of sp³-hybridized carbons (Fsp3) is 1.00. The molecule has 1 aliphatic carbocycles. The first-order valence-electron chi connectivity index (χ1n) is 7.87. The Bertz CT molecular complexity index is 227. The molecule has 18 heavy (non-hydrogen) atoms. The van der Waals surface area contributed by atoms with Crippen LogP contribution in [0.25, 0.3) is 0 Å². The van der Waals surface area contributed by atoms with Crippen molar-refractivity contribution in [1.82, 2.24) is 9.80 Å². The van der Waals surface area contributed by atoms with Crippen molar-refractivity contribution in [3.05, 3.63) is 0 Å². The van der Waals surface area contributed by atoms with E-state index >= 15 is 0 Å². The molecule has 0 aromatic carbocycles. The summed E-state index contributed by atoms with van der Waals surface area (Å²) in [5.74, 6) is 0. The van der Waals surface area contributed by atoms with E-state index in [2.05, 4.69) is 23.6 Å². The van der Waals surface area contributed by atoms with E-state index in [1.54, 1.807) is 0 Å². The number of morpholine rings is 1. The summed E-state index contributed by atoms with van der Waals surface area (Å²) < 4.78 is 5.62. The van der Waals surface area contributed by atoms with E-state index < -0.39 is 0 Å². The minimum atomic E-state index is 0.594. The highest BCUT2D eigenvalue weighted by Crippen LogP contribution is 2.37. The molecule has 2 saturated heterocycles. The lowest BCUT2D eigenvalue weighted by molar-refractivity contribution is -0.0432. The Labute approximate surface area is 113 Å². The number of ether oxygens (including phenoxy) is 1. The first kappa shape index (κ1) is 15.9. The van der Waals surface area contributed by atoms with Crippen LogP contribution in [0.15, 0.2) is 0 Å². The maximum absolute atomic E-state index is 5.62. The van der Waals surface area contributed by atoms with Crippen LogP contribution in [0.1, 0.15) is 48.0 Å². The SMILES string of the molecule is CC.CC.CC(C)N1CC(N2CCOC3CC32)C1. The molecule has 0 spiro atoms. The molecule has 2 atom stereocenters. The van der Waals surface area contributed by atoms with E-state index in [9.17, 15) is 0 Å². The van der Waals surface area contributed by atoms with Crippen LogP contribution >= 0.6 is 0 Å². The average molecular weight is 256 g/mol. The highest BCUT2D eigenvalue weighted by atomic mass is 16.5. The summed E-state index contributed by atoms with van der Waals surface area (Å²) in [6.45, 7) is 17.3. The van der Waals surface area contributed by atoms with Crippen molar-refractivity contribution in [3.8, 4) is 0 Å². The predicted octanol–water partition coefficient (Wildman–Crippen LogP) is 2.60. The second-order valence-electron chi connectivity index (χ2n) is 5.15. The molecule has 2 heterocycles. The highest BCUT2D eigenvalue weighted by molar-refractivity contribution is 5.04. The van der Waals surface area contributed by atoms with E-state index in [0.29, 0.717) is 6.10 Å². The minimum Gasteiger partial charge on any atom is -0.375 e. The Kier molecular flexibility index (Phi) is 6.61. The minimum absolute atomic E-state index is 0.594. The third kappa shape index (κ3) is 3.46. The molecule has 3 aliphatic rings. The lowest BCUT2D eigenvalue weighted by Gasteiger charge is -2.48. The molecular formula is C15H32N2O. The van der Waals surface area contributed by atoms with Crippen LogP contribution in [-0.4, -0.2) is 60.3 Å². The van der Waals surface area contributed by atoms with Gasteiger partial charge in [0.05, 0.1) is 12.7 Å². The van der Waals surface area contributed by atoms with Gasteiger partial charge in [-0.15, -0.1) is 0 Å². The summed E-state index contributed by atoms with van der Waals surface area (Å²) in [4.78, 5) is 5.24. The topological polar surface area (TPSA) is 15.7 Å². The van der Waals surface area contributed by atoms with Gasteiger partial charge in [-0.25, -0.2) is 0 Å². The maximum atomic E-state index is 5.62. The molecule has 3 rings (SSSR count). The van der Waals surface area contributed by atoms with E-state index in [0.717, 1.165) is 31.3 Å². The molecule has 0 aromatic heterocycles. The summed E-state index contributed by atoms with van der Waals surface area (Å²) >= 11 is 0. The fourth-order valence-corrected chi connectivity index (χ4v) is 2.74. The van der Waals surface area contributed by atoms with Crippen molar-refractivity contribution < 1.29 is 4.74 Å². The Morgan fingerprint density at radius 2 is 1.67 bits per heavy atom. The predicted molar refractivity (Wildman–Crippen MR) is 78.0 cm³/mol. The van der Waals surface area contributed by atoms with E-state index in [-0.39, 0.29) is 0 Å². The molecule has 0 amide bonds. The zero-order valence-corrected chi connectivity index (χ0v) is 13.1. The maximum Gasteiger partial charge on any atom is 0.0747 e. The molecule has 0 aromatic rings. The standard InChI is InChI=1S/C11H20N2O.2C2H6/c1-8(2)12-6-9(7-12)13-3-4-14-11-5-10(11)13;2*1-2/h8-11H,3-7H2,1-2H3;2*1-2H3. The Morgan fingerprint density at radius 3 is 2.22 bits per heavy atom. The third-order valence-electron chi connectivity index (χ3n) is 3.90. The van der Waals surface area contributed by atoms with Gasteiger partial charge in [-0.3, -0.25) is 9.80 Å². The number of rotatable bonds is 2. The van der Waals surface area contributed by atoms with Gasteiger partial charge in [-0.05, 0) is 20.3 Å². The molecule has 1 saturated carbocycles.